The molecule has 8 heteroatoms. The van der Waals surface area contributed by atoms with Gasteiger partial charge in [-0.3, -0.25) is 4.98 Å². The molecule has 1 aliphatic heterocycles. The van der Waals surface area contributed by atoms with Gasteiger partial charge in [0.25, 0.3) is 0 Å². The van der Waals surface area contributed by atoms with Crippen LogP contribution in [-0.4, -0.2) is 36.5 Å². The molecule has 26 heavy (non-hydrogen) atoms. The van der Waals surface area contributed by atoms with E-state index in [-0.39, 0.29) is 4.90 Å². The first kappa shape index (κ1) is 16.7. The average molecular weight is 369 g/mol. The zero-order valence-corrected chi connectivity index (χ0v) is 15.3. The largest absolute Gasteiger partial charge is 0.354 e. The molecule has 3 heterocycles. The minimum absolute atomic E-state index is 0.224. The molecule has 0 bridgehead atoms. The van der Waals surface area contributed by atoms with Crippen molar-refractivity contribution in [2.75, 3.05) is 18.9 Å². The van der Waals surface area contributed by atoms with Gasteiger partial charge in [0.15, 0.2) is 0 Å². The van der Waals surface area contributed by atoms with Gasteiger partial charge in [0.05, 0.1) is 16.3 Å². The highest BCUT2D eigenvalue weighted by Gasteiger charge is 2.24. The molecule has 0 saturated carbocycles. The fourth-order valence-corrected chi connectivity index (χ4v) is 3.94. The highest BCUT2D eigenvalue weighted by Crippen LogP contribution is 2.36. The number of aromatic nitrogens is 3. The number of benzene rings is 1. The SMILES string of the molecule is CNS(=O)(=O)c1cccc(-c2c(-c3cccc(C)n3)nc3n2CCN3)c1. The Morgan fingerprint density at radius 3 is 2.73 bits per heavy atom. The first-order valence-corrected chi connectivity index (χ1v) is 9.80. The Bertz CT molecular complexity index is 1090. The van der Waals surface area contributed by atoms with Crippen molar-refractivity contribution in [1.82, 2.24) is 19.3 Å². The zero-order chi connectivity index (χ0) is 18.3. The van der Waals surface area contributed by atoms with E-state index in [4.69, 9.17) is 4.98 Å². The van der Waals surface area contributed by atoms with Gasteiger partial charge >= 0.3 is 0 Å². The summed E-state index contributed by atoms with van der Waals surface area (Å²) in [7, 11) is -2.11. The summed E-state index contributed by atoms with van der Waals surface area (Å²) >= 11 is 0. The number of hydrogen-bond acceptors (Lipinski definition) is 5. The minimum atomic E-state index is -3.52. The second-order valence-electron chi connectivity index (χ2n) is 6.11. The Morgan fingerprint density at radius 2 is 1.96 bits per heavy atom. The highest BCUT2D eigenvalue weighted by molar-refractivity contribution is 7.89. The maximum absolute atomic E-state index is 12.2. The van der Waals surface area contributed by atoms with Crippen molar-refractivity contribution >= 4 is 16.0 Å². The van der Waals surface area contributed by atoms with Gasteiger partial charge in [-0.1, -0.05) is 18.2 Å². The van der Waals surface area contributed by atoms with Crippen LogP contribution in [0.5, 0.6) is 0 Å². The van der Waals surface area contributed by atoms with Crippen molar-refractivity contribution in [3.63, 3.8) is 0 Å². The van der Waals surface area contributed by atoms with Crippen molar-refractivity contribution in [3.05, 3.63) is 48.2 Å². The van der Waals surface area contributed by atoms with E-state index in [2.05, 4.69) is 19.6 Å². The first-order chi connectivity index (χ1) is 12.5. The predicted octanol–water partition coefficient (Wildman–Crippen LogP) is 2.25. The van der Waals surface area contributed by atoms with Crippen molar-refractivity contribution in [2.24, 2.45) is 0 Å². The van der Waals surface area contributed by atoms with Crippen LogP contribution in [0, 0.1) is 6.92 Å². The molecule has 1 aromatic carbocycles. The fourth-order valence-electron chi connectivity index (χ4n) is 3.16. The number of sulfonamides is 1. The third kappa shape index (κ3) is 2.77. The van der Waals surface area contributed by atoms with Crippen LogP contribution in [0.1, 0.15) is 5.69 Å². The first-order valence-electron chi connectivity index (χ1n) is 8.32. The summed E-state index contributed by atoms with van der Waals surface area (Å²) in [6.07, 6.45) is 0. The summed E-state index contributed by atoms with van der Waals surface area (Å²) in [5.74, 6) is 0.778. The summed E-state index contributed by atoms with van der Waals surface area (Å²) in [4.78, 5) is 9.53. The Kier molecular flexibility index (Phi) is 4.01. The molecule has 7 nitrogen and oxygen atoms in total. The van der Waals surface area contributed by atoms with E-state index in [1.807, 2.05) is 31.2 Å². The molecular formula is C18H19N5O2S. The summed E-state index contributed by atoms with van der Waals surface area (Å²) in [5, 5.41) is 3.26. The smallest absolute Gasteiger partial charge is 0.240 e. The van der Waals surface area contributed by atoms with E-state index in [1.54, 1.807) is 18.2 Å². The number of aryl methyl sites for hydroxylation is 1. The van der Waals surface area contributed by atoms with Crippen molar-refractivity contribution in [1.29, 1.82) is 0 Å². The molecule has 0 aliphatic carbocycles. The van der Waals surface area contributed by atoms with Gasteiger partial charge in [0, 0.05) is 24.3 Å². The van der Waals surface area contributed by atoms with Crippen molar-refractivity contribution < 1.29 is 8.42 Å². The van der Waals surface area contributed by atoms with E-state index < -0.39 is 10.0 Å². The van der Waals surface area contributed by atoms with Gasteiger partial charge in [0.2, 0.25) is 16.0 Å². The van der Waals surface area contributed by atoms with Gasteiger partial charge in [-0.2, -0.15) is 0 Å². The molecule has 2 N–H and O–H groups in total. The Labute approximate surface area is 152 Å². The second kappa shape index (κ2) is 6.22. The molecule has 0 radical (unpaired) electrons. The lowest BCUT2D eigenvalue weighted by atomic mass is 10.1. The molecular weight excluding hydrogens is 350 g/mol. The topological polar surface area (TPSA) is 88.9 Å². The Balaban J connectivity index is 1.94. The number of anilines is 1. The maximum atomic E-state index is 12.2. The van der Waals surface area contributed by atoms with Crippen LogP contribution in [0.4, 0.5) is 5.95 Å². The van der Waals surface area contributed by atoms with Crippen LogP contribution < -0.4 is 10.0 Å². The molecule has 0 saturated heterocycles. The van der Waals surface area contributed by atoms with E-state index in [9.17, 15) is 8.42 Å². The molecule has 0 unspecified atom stereocenters. The van der Waals surface area contributed by atoms with Crippen LogP contribution in [0.2, 0.25) is 0 Å². The normalized spacial score (nSPS) is 13.5. The molecule has 134 valence electrons. The van der Waals surface area contributed by atoms with Gasteiger partial charge in [-0.05, 0) is 38.2 Å². The number of nitrogens with one attached hydrogen (secondary N) is 2. The zero-order valence-electron chi connectivity index (χ0n) is 14.5. The summed E-state index contributed by atoms with van der Waals surface area (Å²) in [6.45, 7) is 3.50. The lowest BCUT2D eigenvalue weighted by Crippen LogP contribution is -2.18. The number of imidazole rings is 1. The summed E-state index contributed by atoms with van der Waals surface area (Å²) in [5.41, 5.74) is 4.08. The fraction of sp³-hybridized carbons (Fsp3) is 0.222. The van der Waals surface area contributed by atoms with Gasteiger partial charge < -0.3 is 9.88 Å². The van der Waals surface area contributed by atoms with Gasteiger partial charge in [-0.15, -0.1) is 0 Å². The number of pyridine rings is 1. The maximum Gasteiger partial charge on any atom is 0.240 e. The third-order valence-corrected chi connectivity index (χ3v) is 5.82. The van der Waals surface area contributed by atoms with E-state index in [1.165, 1.54) is 7.05 Å². The van der Waals surface area contributed by atoms with E-state index in [0.29, 0.717) is 0 Å². The summed E-state index contributed by atoms with van der Waals surface area (Å²) in [6, 6.07) is 12.7. The Morgan fingerprint density at radius 1 is 1.15 bits per heavy atom. The van der Waals surface area contributed by atoms with Crippen LogP contribution >= 0.6 is 0 Å². The number of nitrogens with zero attached hydrogens (tertiary/aromatic N) is 3. The van der Waals surface area contributed by atoms with Crippen molar-refractivity contribution in [2.45, 2.75) is 18.4 Å². The van der Waals surface area contributed by atoms with Crippen LogP contribution in [-0.2, 0) is 16.6 Å². The van der Waals surface area contributed by atoms with Crippen molar-refractivity contribution in [3.8, 4) is 22.6 Å². The quantitative estimate of drug-likeness (QED) is 0.736. The van der Waals surface area contributed by atoms with Crippen LogP contribution in [0.15, 0.2) is 47.4 Å². The predicted molar refractivity (Wildman–Crippen MR) is 100 cm³/mol. The van der Waals surface area contributed by atoms with E-state index in [0.717, 1.165) is 47.4 Å². The van der Waals surface area contributed by atoms with Gasteiger partial charge in [0.1, 0.15) is 5.69 Å². The number of fused-ring (bicyclic) bond motifs is 1. The highest BCUT2D eigenvalue weighted by atomic mass is 32.2. The molecule has 2 aromatic heterocycles. The standard InChI is InChI=1S/C18H19N5O2S/c1-12-5-3-8-15(21-12)16-17(23-10-9-20-18(23)22-16)13-6-4-7-14(11-13)26(24,25)19-2/h3-8,11,19H,9-10H2,1-2H3,(H,20,22). The Hall–Kier alpha value is -2.71. The monoisotopic (exact) mass is 369 g/mol. The third-order valence-electron chi connectivity index (χ3n) is 4.40. The lowest BCUT2D eigenvalue weighted by Gasteiger charge is -2.10. The molecule has 1 aliphatic rings. The molecule has 0 fully saturated rings. The average Bonchev–Trinajstić information content (AvgIpc) is 3.22. The van der Waals surface area contributed by atoms with Crippen LogP contribution in [0.25, 0.3) is 22.6 Å². The van der Waals surface area contributed by atoms with Gasteiger partial charge in [-0.25, -0.2) is 18.1 Å². The van der Waals surface area contributed by atoms with Crippen LogP contribution in [0.3, 0.4) is 0 Å². The molecule has 0 amide bonds. The molecule has 0 atom stereocenters. The summed E-state index contributed by atoms with van der Waals surface area (Å²) < 4.78 is 28.8. The van der Waals surface area contributed by atoms with E-state index >= 15 is 0 Å². The second-order valence-corrected chi connectivity index (χ2v) is 8.00. The molecule has 0 spiro atoms. The molecule has 4 rings (SSSR count). The lowest BCUT2D eigenvalue weighted by molar-refractivity contribution is 0.588. The number of rotatable bonds is 4. The number of hydrogen-bond donors (Lipinski definition) is 2. The minimum Gasteiger partial charge on any atom is -0.354 e. The molecule has 3 aromatic rings.